The Balaban J connectivity index is 2.07. The van der Waals surface area contributed by atoms with Gasteiger partial charge in [-0.1, -0.05) is 6.08 Å². The van der Waals surface area contributed by atoms with Gasteiger partial charge >= 0.3 is 5.69 Å². The van der Waals surface area contributed by atoms with Crippen molar-refractivity contribution in [1.82, 2.24) is 18.7 Å². The van der Waals surface area contributed by atoms with E-state index < -0.39 is 11.2 Å². The first-order valence-electron chi connectivity index (χ1n) is 8.61. The van der Waals surface area contributed by atoms with Gasteiger partial charge in [0.25, 0.3) is 5.56 Å². The lowest BCUT2D eigenvalue weighted by molar-refractivity contribution is 0.415. The number of nitrogens with zero attached hydrogens (tertiary/aromatic N) is 5. The van der Waals surface area contributed by atoms with Crippen molar-refractivity contribution in [2.75, 3.05) is 12.5 Å². The number of imidazole rings is 1. The summed E-state index contributed by atoms with van der Waals surface area (Å²) in [4.78, 5) is 29.2. The van der Waals surface area contributed by atoms with Crippen molar-refractivity contribution >= 4 is 22.8 Å². The van der Waals surface area contributed by atoms with Gasteiger partial charge in [0.15, 0.2) is 11.2 Å². The summed E-state index contributed by atoms with van der Waals surface area (Å²) >= 11 is 0. The van der Waals surface area contributed by atoms with E-state index in [4.69, 9.17) is 4.74 Å². The summed E-state index contributed by atoms with van der Waals surface area (Å²) in [7, 11) is 4.62. The molecule has 0 aliphatic heterocycles. The van der Waals surface area contributed by atoms with Crippen molar-refractivity contribution in [1.29, 1.82) is 0 Å². The van der Waals surface area contributed by atoms with Gasteiger partial charge in [-0.3, -0.25) is 18.5 Å². The van der Waals surface area contributed by atoms with Gasteiger partial charge in [0.1, 0.15) is 5.75 Å². The predicted molar refractivity (Wildman–Crippen MR) is 109 cm³/mol. The first-order chi connectivity index (χ1) is 13.4. The second-order valence-electron chi connectivity index (χ2n) is 6.25. The molecule has 0 unspecified atom stereocenters. The molecule has 9 nitrogen and oxygen atoms in total. The van der Waals surface area contributed by atoms with E-state index in [-0.39, 0.29) is 5.65 Å². The molecule has 146 valence electrons. The summed E-state index contributed by atoms with van der Waals surface area (Å²) in [5, 5.41) is 4.37. The van der Waals surface area contributed by atoms with E-state index in [9.17, 15) is 9.59 Å². The molecule has 28 heavy (non-hydrogen) atoms. The average Bonchev–Trinajstić information content (AvgIpc) is 3.07. The minimum atomic E-state index is -0.440. The normalized spacial score (nSPS) is 11.6. The molecule has 0 aliphatic rings. The number of methoxy groups -OCH3 is 1. The molecule has 0 bridgehead atoms. The van der Waals surface area contributed by atoms with Gasteiger partial charge in [-0.15, -0.1) is 6.58 Å². The molecule has 0 saturated carbocycles. The number of hydrazone groups is 1. The second-order valence-corrected chi connectivity index (χ2v) is 6.25. The number of nitrogens with one attached hydrogen (secondary N) is 1. The van der Waals surface area contributed by atoms with Gasteiger partial charge in [0, 0.05) is 20.6 Å². The molecule has 3 aromatic rings. The Bertz CT molecular complexity index is 1180. The lowest BCUT2D eigenvalue weighted by Gasteiger charge is -2.07. The van der Waals surface area contributed by atoms with Crippen molar-refractivity contribution < 1.29 is 4.74 Å². The average molecular weight is 382 g/mol. The number of benzene rings is 1. The molecule has 0 atom stereocenters. The highest BCUT2D eigenvalue weighted by molar-refractivity contribution is 5.99. The van der Waals surface area contributed by atoms with E-state index in [0.29, 0.717) is 18.0 Å². The first-order valence-corrected chi connectivity index (χ1v) is 8.61. The monoisotopic (exact) mass is 382 g/mol. The molecular weight excluding hydrogens is 360 g/mol. The van der Waals surface area contributed by atoms with Crippen molar-refractivity contribution in [2.45, 2.75) is 13.5 Å². The molecule has 2 heterocycles. The Labute approximate surface area is 161 Å². The van der Waals surface area contributed by atoms with Crippen LogP contribution in [0.2, 0.25) is 0 Å². The maximum Gasteiger partial charge on any atom is 0.332 e. The quantitative estimate of drug-likeness (QED) is 0.396. The standard InChI is InChI=1S/C19H22N6O3/c1-6-11-25-15-16(23(3)19(27)24(4)17(15)26)20-18(25)22-21-12(2)13-7-9-14(28-5)10-8-13/h6-10H,1,11H2,2-5H3,(H,20,22)/b21-12+. The predicted octanol–water partition coefficient (Wildman–Crippen LogP) is 1.46. The third-order valence-electron chi connectivity index (χ3n) is 4.49. The van der Waals surface area contributed by atoms with E-state index >= 15 is 0 Å². The minimum absolute atomic E-state index is 0.287. The van der Waals surface area contributed by atoms with Gasteiger partial charge in [-0.2, -0.15) is 10.1 Å². The van der Waals surface area contributed by atoms with Gasteiger partial charge in [-0.25, -0.2) is 10.2 Å². The van der Waals surface area contributed by atoms with Crippen LogP contribution in [-0.4, -0.2) is 31.5 Å². The Morgan fingerprint density at radius 3 is 2.54 bits per heavy atom. The molecule has 0 aliphatic carbocycles. The number of aryl methyl sites for hydroxylation is 1. The zero-order valence-corrected chi connectivity index (χ0v) is 16.3. The molecule has 0 fully saturated rings. The molecule has 0 saturated heterocycles. The van der Waals surface area contributed by atoms with Crippen LogP contribution in [0.1, 0.15) is 12.5 Å². The molecule has 2 aromatic heterocycles. The number of hydrogen-bond donors (Lipinski definition) is 1. The molecule has 0 spiro atoms. The number of aromatic nitrogens is 4. The number of ether oxygens (including phenoxy) is 1. The van der Waals surface area contributed by atoms with E-state index in [1.807, 2.05) is 31.2 Å². The maximum absolute atomic E-state index is 12.6. The number of allylic oxidation sites excluding steroid dienone is 1. The van der Waals surface area contributed by atoms with Gasteiger partial charge < -0.3 is 4.74 Å². The lowest BCUT2D eigenvalue weighted by atomic mass is 10.1. The molecule has 1 aromatic carbocycles. The Kier molecular flexibility index (Phi) is 5.16. The fourth-order valence-corrected chi connectivity index (χ4v) is 2.87. The smallest absolute Gasteiger partial charge is 0.332 e. The number of rotatable bonds is 6. The summed E-state index contributed by atoms with van der Waals surface area (Å²) in [6.45, 7) is 5.92. The number of anilines is 1. The zero-order chi connectivity index (χ0) is 20.4. The SMILES string of the molecule is C=CCn1c(N/N=C(\C)c2ccc(OC)cc2)nc2c1c(=O)n(C)c(=O)n2C. The van der Waals surface area contributed by atoms with Crippen LogP contribution >= 0.6 is 0 Å². The van der Waals surface area contributed by atoms with Crippen LogP contribution in [-0.2, 0) is 20.6 Å². The zero-order valence-electron chi connectivity index (χ0n) is 16.3. The van der Waals surface area contributed by atoms with Crippen LogP contribution in [0.4, 0.5) is 5.95 Å². The third kappa shape index (κ3) is 3.22. The van der Waals surface area contributed by atoms with Crippen LogP contribution in [0.3, 0.4) is 0 Å². The Morgan fingerprint density at radius 2 is 1.93 bits per heavy atom. The highest BCUT2D eigenvalue weighted by Gasteiger charge is 2.18. The van der Waals surface area contributed by atoms with Crippen LogP contribution in [0, 0.1) is 0 Å². The molecule has 0 amide bonds. The largest absolute Gasteiger partial charge is 0.497 e. The molecule has 1 N–H and O–H groups in total. The fraction of sp³-hybridized carbons (Fsp3) is 0.263. The van der Waals surface area contributed by atoms with Gasteiger partial charge in [-0.05, 0) is 36.8 Å². The highest BCUT2D eigenvalue weighted by atomic mass is 16.5. The molecule has 3 rings (SSSR count). The Morgan fingerprint density at radius 1 is 1.25 bits per heavy atom. The van der Waals surface area contributed by atoms with E-state index in [1.54, 1.807) is 24.8 Å². The fourth-order valence-electron chi connectivity index (χ4n) is 2.87. The van der Waals surface area contributed by atoms with Crippen LogP contribution in [0.5, 0.6) is 5.75 Å². The number of hydrogen-bond acceptors (Lipinski definition) is 6. The maximum atomic E-state index is 12.6. The Hall–Kier alpha value is -3.62. The third-order valence-corrected chi connectivity index (χ3v) is 4.49. The van der Waals surface area contributed by atoms with E-state index in [1.165, 1.54) is 11.6 Å². The lowest BCUT2D eigenvalue weighted by Crippen LogP contribution is -2.37. The molecule has 0 radical (unpaired) electrons. The summed E-state index contributed by atoms with van der Waals surface area (Å²) in [5.41, 5.74) is 4.27. The van der Waals surface area contributed by atoms with Crippen molar-refractivity contribution in [3.63, 3.8) is 0 Å². The minimum Gasteiger partial charge on any atom is -0.497 e. The highest BCUT2D eigenvalue weighted by Crippen LogP contribution is 2.16. The topological polar surface area (TPSA) is 95.4 Å². The van der Waals surface area contributed by atoms with Crippen molar-refractivity contribution in [3.8, 4) is 5.75 Å². The van der Waals surface area contributed by atoms with Crippen LogP contribution in [0.25, 0.3) is 11.2 Å². The van der Waals surface area contributed by atoms with Crippen LogP contribution < -0.4 is 21.4 Å². The molecule has 9 heteroatoms. The second kappa shape index (κ2) is 7.55. The summed E-state index contributed by atoms with van der Waals surface area (Å²) in [5.74, 6) is 1.11. The van der Waals surface area contributed by atoms with Gasteiger partial charge in [0.05, 0.1) is 12.8 Å². The number of fused-ring (bicyclic) bond motifs is 1. The summed E-state index contributed by atoms with van der Waals surface area (Å²) in [6, 6.07) is 7.48. The molecular formula is C19H22N6O3. The van der Waals surface area contributed by atoms with Crippen LogP contribution in [0.15, 0.2) is 51.6 Å². The summed E-state index contributed by atoms with van der Waals surface area (Å²) < 4.78 is 9.20. The van der Waals surface area contributed by atoms with Gasteiger partial charge in [0.2, 0.25) is 5.95 Å². The summed E-state index contributed by atoms with van der Waals surface area (Å²) in [6.07, 6.45) is 1.65. The van der Waals surface area contributed by atoms with Crippen molar-refractivity contribution in [3.05, 3.63) is 63.3 Å². The van der Waals surface area contributed by atoms with Crippen molar-refractivity contribution in [2.24, 2.45) is 19.2 Å². The van der Waals surface area contributed by atoms with E-state index in [2.05, 4.69) is 22.1 Å². The van der Waals surface area contributed by atoms with E-state index in [0.717, 1.165) is 21.6 Å². The first kappa shape index (κ1) is 19.2.